The summed E-state index contributed by atoms with van der Waals surface area (Å²) in [6, 6.07) is -0.449. The second-order valence-corrected chi connectivity index (χ2v) is 2.16. The van der Waals surface area contributed by atoms with Gasteiger partial charge in [0.1, 0.15) is 0 Å². The van der Waals surface area contributed by atoms with Crippen molar-refractivity contribution in [2.75, 3.05) is 13.1 Å². The van der Waals surface area contributed by atoms with Crippen molar-refractivity contribution in [3.63, 3.8) is 0 Å². The number of urea groups is 1. The summed E-state index contributed by atoms with van der Waals surface area (Å²) in [5.41, 5.74) is 0. The molecule has 0 heterocycles. The van der Waals surface area contributed by atoms with Gasteiger partial charge in [-0.3, -0.25) is 9.69 Å². The quantitative estimate of drug-likeness (QED) is 0.513. The molecule has 5 heteroatoms. The van der Waals surface area contributed by atoms with Crippen molar-refractivity contribution in [2.45, 2.75) is 13.8 Å². The predicted molar refractivity (Wildman–Crippen MR) is 42.7 cm³/mol. The molecule has 64 valence electrons. The van der Waals surface area contributed by atoms with Crippen LogP contribution in [0.5, 0.6) is 0 Å². The Balaban J connectivity index is 4.03. The van der Waals surface area contributed by atoms with Crippen LogP contribution in [0.2, 0.25) is 0 Å². The van der Waals surface area contributed by atoms with Crippen LogP contribution in [-0.2, 0) is 0 Å². The molecule has 0 spiro atoms. The van der Waals surface area contributed by atoms with E-state index in [1.54, 1.807) is 13.8 Å². The summed E-state index contributed by atoms with van der Waals surface area (Å²) >= 11 is 5.10. The zero-order valence-electron chi connectivity index (χ0n) is 6.56. The molecule has 1 N–H and O–H groups in total. The number of imide groups is 1. The standard InChI is InChI=1S/C6H11ClN2O2/c1-3-8-6(11)9(4-2)5(7)10/h3-4H2,1-2H3,(H,8,11). The van der Waals surface area contributed by atoms with Gasteiger partial charge in [0.05, 0.1) is 0 Å². The van der Waals surface area contributed by atoms with Gasteiger partial charge in [-0.05, 0) is 25.4 Å². The maximum absolute atomic E-state index is 10.9. The van der Waals surface area contributed by atoms with Gasteiger partial charge in [-0.1, -0.05) is 0 Å². The van der Waals surface area contributed by atoms with E-state index in [1.165, 1.54) is 0 Å². The summed E-state index contributed by atoms with van der Waals surface area (Å²) in [5.74, 6) is 0. The number of hydrogen-bond donors (Lipinski definition) is 1. The highest BCUT2D eigenvalue weighted by molar-refractivity contribution is 6.63. The number of nitrogens with one attached hydrogen (secondary N) is 1. The molecule has 0 atom stereocenters. The number of rotatable bonds is 2. The molecule has 0 saturated heterocycles. The van der Waals surface area contributed by atoms with Gasteiger partial charge in [0.25, 0.3) is 0 Å². The Morgan fingerprint density at radius 2 is 2.00 bits per heavy atom. The molecular formula is C6H11ClN2O2. The van der Waals surface area contributed by atoms with Crippen molar-refractivity contribution >= 4 is 23.0 Å². The van der Waals surface area contributed by atoms with E-state index in [9.17, 15) is 9.59 Å². The van der Waals surface area contributed by atoms with Gasteiger partial charge < -0.3 is 5.32 Å². The lowest BCUT2D eigenvalue weighted by Crippen LogP contribution is -2.41. The summed E-state index contributed by atoms with van der Waals surface area (Å²) in [6.45, 7) is 4.22. The Morgan fingerprint density at radius 1 is 1.45 bits per heavy atom. The van der Waals surface area contributed by atoms with Gasteiger partial charge in [0, 0.05) is 13.1 Å². The minimum Gasteiger partial charge on any atom is -0.338 e. The smallest absolute Gasteiger partial charge is 0.325 e. The second kappa shape index (κ2) is 4.96. The third-order valence-corrected chi connectivity index (χ3v) is 1.31. The van der Waals surface area contributed by atoms with Crippen LogP contribution in [0.3, 0.4) is 0 Å². The first-order valence-electron chi connectivity index (χ1n) is 3.38. The molecule has 0 rings (SSSR count). The summed E-state index contributed by atoms with van der Waals surface area (Å²) in [7, 11) is 0. The molecule has 0 aliphatic rings. The fourth-order valence-electron chi connectivity index (χ4n) is 0.594. The fraction of sp³-hybridized carbons (Fsp3) is 0.667. The van der Waals surface area contributed by atoms with Crippen LogP contribution in [0.15, 0.2) is 0 Å². The average molecular weight is 179 g/mol. The average Bonchev–Trinajstić information content (AvgIpc) is 1.88. The maximum atomic E-state index is 10.9. The van der Waals surface area contributed by atoms with E-state index in [0.29, 0.717) is 6.54 Å². The number of carbonyl (C=O) groups excluding carboxylic acids is 2. The molecule has 0 bridgehead atoms. The Bertz CT molecular complexity index is 161. The van der Waals surface area contributed by atoms with Crippen molar-refractivity contribution < 1.29 is 9.59 Å². The molecule has 4 nitrogen and oxygen atoms in total. The van der Waals surface area contributed by atoms with Crippen LogP contribution < -0.4 is 5.32 Å². The zero-order chi connectivity index (χ0) is 8.85. The summed E-state index contributed by atoms with van der Waals surface area (Å²) in [6.07, 6.45) is 0. The zero-order valence-corrected chi connectivity index (χ0v) is 7.31. The van der Waals surface area contributed by atoms with Gasteiger partial charge in [0.15, 0.2) is 0 Å². The largest absolute Gasteiger partial charge is 0.338 e. The van der Waals surface area contributed by atoms with E-state index in [0.717, 1.165) is 4.90 Å². The van der Waals surface area contributed by atoms with E-state index in [2.05, 4.69) is 5.32 Å². The summed E-state index contributed by atoms with van der Waals surface area (Å²) in [4.78, 5) is 22.4. The van der Waals surface area contributed by atoms with Crippen LogP contribution in [0, 0.1) is 0 Å². The summed E-state index contributed by atoms with van der Waals surface area (Å²) in [5, 5.41) is 1.71. The molecule has 11 heavy (non-hydrogen) atoms. The second-order valence-electron chi connectivity index (χ2n) is 1.83. The molecule has 0 saturated carbocycles. The lowest BCUT2D eigenvalue weighted by atomic mass is 10.6. The third-order valence-electron chi connectivity index (χ3n) is 1.10. The minimum atomic E-state index is -0.751. The Labute approximate surface area is 70.5 Å². The minimum absolute atomic E-state index is 0.286. The molecule has 0 aromatic heterocycles. The first kappa shape index (κ1) is 10.2. The lowest BCUT2D eigenvalue weighted by molar-refractivity contribution is 0.201. The van der Waals surface area contributed by atoms with Gasteiger partial charge in [-0.25, -0.2) is 4.79 Å². The van der Waals surface area contributed by atoms with Crippen LogP contribution in [0.4, 0.5) is 9.59 Å². The number of nitrogens with zero attached hydrogens (tertiary/aromatic N) is 1. The van der Waals surface area contributed by atoms with Crippen molar-refractivity contribution in [2.24, 2.45) is 0 Å². The number of hydrogen-bond acceptors (Lipinski definition) is 2. The lowest BCUT2D eigenvalue weighted by Gasteiger charge is -2.14. The summed E-state index contributed by atoms with van der Waals surface area (Å²) < 4.78 is 0. The molecule has 0 aromatic carbocycles. The van der Waals surface area contributed by atoms with E-state index in [1.807, 2.05) is 0 Å². The highest BCUT2D eigenvalue weighted by Gasteiger charge is 2.15. The first-order valence-corrected chi connectivity index (χ1v) is 3.76. The highest BCUT2D eigenvalue weighted by atomic mass is 35.5. The van der Waals surface area contributed by atoms with Crippen LogP contribution in [-0.4, -0.2) is 29.4 Å². The number of amides is 3. The Kier molecular flexibility index (Phi) is 4.61. The van der Waals surface area contributed by atoms with Crippen LogP contribution >= 0.6 is 11.6 Å². The van der Waals surface area contributed by atoms with Gasteiger partial charge in [-0.2, -0.15) is 0 Å². The van der Waals surface area contributed by atoms with E-state index >= 15 is 0 Å². The third kappa shape index (κ3) is 3.23. The Hall–Kier alpha value is -0.770. The van der Waals surface area contributed by atoms with Gasteiger partial charge >= 0.3 is 11.4 Å². The monoisotopic (exact) mass is 178 g/mol. The molecule has 3 amide bonds. The molecule has 0 radical (unpaired) electrons. The SMILES string of the molecule is CCNC(=O)N(CC)C(=O)Cl. The molecule has 0 aromatic rings. The predicted octanol–water partition coefficient (Wildman–Crippen LogP) is 1.40. The molecule has 0 aliphatic heterocycles. The Morgan fingerprint density at radius 3 is 2.27 bits per heavy atom. The van der Waals surface area contributed by atoms with Crippen molar-refractivity contribution in [1.82, 2.24) is 10.2 Å². The molecule has 0 aliphatic carbocycles. The van der Waals surface area contributed by atoms with Crippen molar-refractivity contribution in [3.05, 3.63) is 0 Å². The van der Waals surface area contributed by atoms with Crippen LogP contribution in [0.25, 0.3) is 0 Å². The van der Waals surface area contributed by atoms with Gasteiger partial charge in [0.2, 0.25) is 0 Å². The topological polar surface area (TPSA) is 49.4 Å². The highest BCUT2D eigenvalue weighted by Crippen LogP contribution is 1.95. The molecular weight excluding hydrogens is 168 g/mol. The number of halogens is 1. The van der Waals surface area contributed by atoms with E-state index in [4.69, 9.17) is 11.6 Å². The normalized spacial score (nSPS) is 9.00. The maximum Gasteiger partial charge on any atom is 0.325 e. The first-order chi connectivity index (χ1) is 5.13. The fourth-order valence-corrected chi connectivity index (χ4v) is 0.791. The molecule has 0 fully saturated rings. The van der Waals surface area contributed by atoms with Crippen molar-refractivity contribution in [1.29, 1.82) is 0 Å². The van der Waals surface area contributed by atoms with E-state index < -0.39 is 11.4 Å². The molecule has 0 unspecified atom stereocenters. The number of carbonyl (C=O) groups is 2. The van der Waals surface area contributed by atoms with Crippen LogP contribution in [0.1, 0.15) is 13.8 Å². The van der Waals surface area contributed by atoms with Gasteiger partial charge in [-0.15, -0.1) is 0 Å². The van der Waals surface area contributed by atoms with E-state index in [-0.39, 0.29) is 6.54 Å². The van der Waals surface area contributed by atoms with Crippen molar-refractivity contribution in [3.8, 4) is 0 Å².